The summed E-state index contributed by atoms with van der Waals surface area (Å²) >= 11 is 0. The zero-order chi connectivity index (χ0) is 23.0. The summed E-state index contributed by atoms with van der Waals surface area (Å²) in [6.07, 6.45) is 0.419. The normalized spacial score (nSPS) is 19.1. The van der Waals surface area contributed by atoms with Crippen LogP contribution < -0.4 is 22.1 Å². The molecule has 0 aromatic heterocycles. The van der Waals surface area contributed by atoms with Gasteiger partial charge in [-0.1, -0.05) is 13.8 Å². The topological polar surface area (TPSA) is 205 Å². The molecule has 0 spiro atoms. The van der Waals surface area contributed by atoms with Gasteiger partial charge in [0.1, 0.15) is 18.1 Å². The molecule has 1 saturated heterocycles. The number of aliphatic carboxylic acids is 1. The van der Waals surface area contributed by atoms with Crippen LogP contribution in [0.3, 0.4) is 0 Å². The molecule has 30 heavy (non-hydrogen) atoms. The number of carboxylic acids is 1. The van der Waals surface area contributed by atoms with Crippen molar-refractivity contribution < 1.29 is 34.2 Å². The Labute approximate surface area is 174 Å². The molecule has 170 valence electrons. The van der Waals surface area contributed by atoms with Gasteiger partial charge in [-0.05, 0) is 25.2 Å². The van der Waals surface area contributed by atoms with Gasteiger partial charge < -0.3 is 37.2 Å². The van der Waals surface area contributed by atoms with E-state index < -0.39 is 60.4 Å². The smallest absolute Gasteiger partial charge is 0.326 e. The zero-order valence-electron chi connectivity index (χ0n) is 17.2. The summed E-state index contributed by atoms with van der Waals surface area (Å²) < 4.78 is 0. The van der Waals surface area contributed by atoms with Crippen molar-refractivity contribution >= 4 is 29.6 Å². The Balaban J connectivity index is 2.90. The Kier molecular flexibility index (Phi) is 9.66. The number of nitrogens with two attached hydrogens (primary N) is 2. The van der Waals surface area contributed by atoms with Crippen LogP contribution in [0.15, 0.2) is 0 Å². The zero-order valence-corrected chi connectivity index (χ0v) is 17.2. The molecule has 0 aliphatic carbocycles. The van der Waals surface area contributed by atoms with E-state index in [1.54, 1.807) is 13.8 Å². The van der Waals surface area contributed by atoms with Crippen molar-refractivity contribution in [2.45, 2.75) is 63.7 Å². The first-order valence-corrected chi connectivity index (χ1v) is 9.78. The number of amides is 4. The highest BCUT2D eigenvalue weighted by Gasteiger charge is 2.38. The third kappa shape index (κ3) is 6.95. The van der Waals surface area contributed by atoms with Gasteiger partial charge in [0, 0.05) is 13.0 Å². The SMILES string of the molecule is CC(C)C(N)C(=O)NC(CCC(N)=O)C(=O)NC(CO)C(=O)N1CCCC1C(=O)O. The van der Waals surface area contributed by atoms with Crippen molar-refractivity contribution in [3.05, 3.63) is 0 Å². The molecular weight excluding hydrogens is 398 g/mol. The van der Waals surface area contributed by atoms with Crippen molar-refractivity contribution in [3.8, 4) is 0 Å². The fraction of sp³-hybridized carbons (Fsp3) is 0.722. The second-order valence-corrected chi connectivity index (χ2v) is 7.61. The Morgan fingerprint density at radius 3 is 2.20 bits per heavy atom. The lowest BCUT2D eigenvalue weighted by molar-refractivity contribution is -0.150. The fourth-order valence-corrected chi connectivity index (χ4v) is 3.07. The third-order valence-electron chi connectivity index (χ3n) is 4.95. The van der Waals surface area contributed by atoms with Crippen molar-refractivity contribution in [2.75, 3.05) is 13.2 Å². The molecule has 12 nitrogen and oxygen atoms in total. The number of carbonyl (C=O) groups excluding carboxylic acids is 4. The van der Waals surface area contributed by atoms with Crippen molar-refractivity contribution in [1.29, 1.82) is 0 Å². The van der Waals surface area contributed by atoms with E-state index in [0.717, 1.165) is 4.90 Å². The number of aliphatic hydroxyl groups excluding tert-OH is 1. The van der Waals surface area contributed by atoms with Crippen LogP contribution >= 0.6 is 0 Å². The minimum absolute atomic E-state index is 0.133. The van der Waals surface area contributed by atoms with Gasteiger partial charge in [-0.2, -0.15) is 0 Å². The van der Waals surface area contributed by atoms with Crippen LogP contribution in [0.2, 0.25) is 0 Å². The first-order valence-electron chi connectivity index (χ1n) is 9.78. The summed E-state index contributed by atoms with van der Waals surface area (Å²) in [5, 5.41) is 23.6. The third-order valence-corrected chi connectivity index (χ3v) is 4.95. The summed E-state index contributed by atoms with van der Waals surface area (Å²) in [6.45, 7) is 2.86. The molecule has 0 radical (unpaired) electrons. The van der Waals surface area contributed by atoms with Gasteiger partial charge in [0.05, 0.1) is 12.6 Å². The lowest BCUT2D eigenvalue weighted by Gasteiger charge is -2.28. The maximum atomic E-state index is 12.7. The van der Waals surface area contributed by atoms with Crippen LogP contribution in [0.5, 0.6) is 0 Å². The van der Waals surface area contributed by atoms with E-state index in [1.165, 1.54) is 0 Å². The summed E-state index contributed by atoms with van der Waals surface area (Å²) in [5.41, 5.74) is 10.9. The van der Waals surface area contributed by atoms with Crippen LogP contribution in [-0.2, 0) is 24.0 Å². The molecular formula is C18H31N5O7. The highest BCUT2D eigenvalue weighted by Crippen LogP contribution is 2.18. The van der Waals surface area contributed by atoms with E-state index in [2.05, 4.69) is 10.6 Å². The van der Waals surface area contributed by atoms with Gasteiger partial charge in [-0.15, -0.1) is 0 Å². The van der Waals surface area contributed by atoms with Crippen LogP contribution in [0.25, 0.3) is 0 Å². The number of nitrogens with one attached hydrogen (secondary N) is 2. The molecule has 4 unspecified atom stereocenters. The minimum Gasteiger partial charge on any atom is -0.480 e. The van der Waals surface area contributed by atoms with Crippen LogP contribution in [-0.4, -0.2) is 82.0 Å². The lowest BCUT2D eigenvalue weighted by atomic mass is 10.0. The number of hydrogen-bond donors (Lipinski definition) is 6. The summed E-state index contributed by atoms with van der Waals surface area (Å²) in [7, 11) is 0. The minimum atomic E-state index is -1.40. The number of primary amides is 1. The van der Waals surface area contributed by atoms with Gasteiger partial charge in [0.25, 0.3) is 0 Å². The van der Waals surface area contributed by atoms with Crippen LogP contribution in [0, 0.1) is 5.92 Å². The standard InChI is InChI=1S/C18H31N5O7/c1-9(2)14(20)16(27)21-10(5-6-13(19)25)15(26)22-11(8-24)17(28)23-7-3-4-12(23)18(29)30/h9-12,14,24H,3-8,20H2,1-2H3,(H2,19,25)(H,21,27)(H,22,26)(H,29,30). The first-order chi connectivity index (χ1) is 14.0. The second kappa shape index (κ2) is 11.5. The van der Waals surface area contributed by atoms with E-state index in [1.807, 2.05) is 0 Å². The molecule has 12 heteroatoms. The predicted molar refractivity (Wildman–Crippen MR) is 105 cm³/mol. The van der Waals surface area contributed by atoms with E-state index >= 15 is 0 Å². The van der Waals surface area contributed by atoms with E-state index in [9.17, 15) is 34.2 Å². The molecule has 4 amide bonds. The number of carbonyl (C=O) groups is 5. The Morgan fingerprint density at radius 1 is 1.10 bits per heavy atom. The molecule has 1 rings (SSSR count). The molecule has 0 aromatic rings. The number of aliphatic hydroxyl groups is 1. The quantitative estimate of drug-likeness (QED) is 0.203. The Bertz CT molecular complexity index is 669. The summed E-state index contributed by atoms with van der Waals surface area (Å²) in [6, 6.07) is -4.54. The summed E-state index contributed by atoms with van der Waals surface area (Å²) in [4.78, 5) is 61.1. The predicted octanol–water partition coefficient (Wildman–Crippen LogP) is -2.73. The number of nitrogens with zero attached hydrogens (tertiary/aromatic N) is 1. The number of hydrogen-bond acceptors (Lipinski definition) is 7. The Hall–Kier alpha value is -2.73. The summed E-state index contributed by atoms with van der Waals surface area (Å²) in [5.74, 6) is -4.25. The number of rotatable bonds is 11. The highest BCUT2D eigenvalue weighted by atomic mass is 16.4. The monoisotopic (exact) mass is 429 g/mol. The molecule has 1 aliphatic rings. The molecule has 0 saturated carbocycles. The average Bonchev–Trinajstić information content (AvgIpc) is 3.17. The van der Waals surface area contributed by atoms with Gasteiger partial charge >= 0.3 is 5.97 Å². The molecule has 4 atom stereocenters. The van der Waals surface area contributed by atoms with Crippen molar-refractivity contribution in [3.63, 3.8) is 0 Å². The van der Waals surface area contributed by atoms with Crippen LogP contribution in [0.1, 0.15) is 39.5 Å². The molecule has 1 aliphatic heterocycles. The van der Waals surface area contributed by atoms with Crippen LogP contribution in [0.4, 0.5) is 0 Å². The molecule has 0 bridgehead atoms. The second-order valence-electron chi connectivity index (χ2n) is 7.61. The van der Waals surface area contributed by atoms with Crippen molar-refractivity contribution in [2.24, 2.45) is 17.4 Å². The maximum absolute atomic E-state index is 12.7. The van der Waals surface area contributed by atoms with Crippen molar-refractivity contribution in [1.82, 2.24) is 15.5 Å². The molecule has 8 N–H and O–H groups in total. The van der Waals surface area contributed by atoms with E-state index in [4.69, 9.17) is 11.5 Å². The van der Waals surface area contributed by atoms with Gasteiger partial charge in [0.2, 0.25) is 23.6 Å². The molecule has 1 heterocycles. The average molecular weight is 429 g/mol. The van der Waals surface area contributed by atoms with E-state index in [0.29, 0.717) is 6.42 Å². The van der Waals surface area contributed by atoms with E-state index in [-0.39, 0.29) is 31.7 Å². The lowest BCUT2D eigenvalue weighted by Crippen LogP contribution is -2.58. The molecule has 0 aromatic carbocycles. The number of likely N-dealkylation sites (tertiary alicyclic amines) is 1. The number of carboxylic acid groups (broad SMARTS) is 1. The largest absolute Gasteiger partial charge is 0.480 e. The fourth-order valence-electron chi connectivity index (χ4n) is 3.07. The molecule has 1 fully saturated rings. The highest BCUT2D eigenvalue weighted by molar-refractivity contribution is 5.94. The maximum Gasteiger partial charge on any atom is 0.326 e. The first kappa shape index (κ1) is 25.3. The van der Waals surface area contributed by atoms with Gasteiger partial charge in [0.15, 0.2) is 0 Å². The Morgan fingerprint density at radius 2 is 1.70 bits per heavy atom. The van der Waals surface area contributed by atoms with Gasteiger partial charge in [-0.25, -0.2) is 4.79 Å². The van der Waals surface area contributed by atoms with Gasteiger partial charge in [-0.3, -0.25) is 19.2 Å².